The van der Waals surface area contributed by atoms with E-state index in [0.717, 1.165) is 12.1 Å². The molecule has 2 aromatic rings. The summed E-state index contributed by atoms with van der Waals surface area (Å²) in [5, 5.41) is 13.6. The molecule has 0 saturated carbocycles. The predicted molar refractivity (Wildman–Crippen MR) is 122 cm³/mol. The average molecular weight is 484 g/mol. The molecule has 11 heteroatoms. The largest absolute Gasteiger partial charge is 0.463 e. The second kappa shape index (κ2) is 13.3. The van der Waals surface area contributed by atoms with Crippen molar-refractivity contribution in [2.45, 2.75) is 33.5 Å². The average Bonchev–Trinajstić information content (AvgIpc) is 2.78. The number of ether oxygens (including phenoxy) is 2. The number of non-ortho nitro benzene ring substituents is 1. The normalized spacial score (nSPS) is 11.3. The lowest BCUT2D eigenvalue weighted by Gasteiger charge is -2.28. The van der Waals surface area contributed by atoms with Gasteiger partial charge in [0.05, 0.1) is 17.1 Å². The molecule has 0 heterocycles. The summed E-state index contributed by atoms with van der Waals surface area (Å²) in [6.45, 7) is 6.39. The number of benzene rings is 2. The number of nitro groups is 1. The van der Waals surface area contributed by atoms with Crippen molar-refractivity contribution >= 4 is 30.0 Å². The summed E-state index contributed by atoms with van der Waals surface area (Å²) < 4.78 is 24.8. The number of nitrogens with zero attached hydrogens (tertiary/aromatic N) is 2. The van der Waals surface area contributed by atoms with Gasteiger partial charge in [0.1, 0.15) is 11.6 Å². The molecule has 33 heavy (non-hydrogen) atoms. The van der Waals surface area contributed by atoms with Crippen LogP contribution in [0.1, 0.15) is 36.7 Å². The molecule has 9 nitrogen and oxygen atoms in total. The van der Waals surface area contributed by atoms with Crippen molar-refractivity contribution in [1.82, 2.24) is 10.2 Å². The number of nitro benzene ring substituents is 1. The van der Waals surface area contributed by atoms with Crippen molar-refractivity contribution in [2.24, 2.45) is 0 Å². The van der Waals surface area contributed by atoms with E-state index < -0.39 is 28.8 Å². The number of carbonyl (C=O) groups excluding carboxylic acids is 2. The Morgan fingerprint density at radius 1 is 1.15 bits per heavy atom. The van der Waals surface area contributed by atoms with Crippen molar-refractivity contribution in [1.29, 1.82) is 0 Å². The minimum atomic E-state index is -1.16. The lowest BCUT2D eigenvalue weighted by Crippen LogP contribution is -2.46. The van der Waals surface area contributed by atoms with Crippen LogP contribution in [0.15, 0.2) is 42.5 Å². The molecule has 180 valence electrons. The Labute approximate surface area is 197 Å². The van der Waals surface area contributed by atoms with Crippen LogP contribution in [0.3, 0.4) is 0 Å². The number of esters is 1. The van der Waals surface area contributed by atoms with E-state index in [2.05, 4.69) is 5.32 Å². The predicted octanol–water partition coefficient (Wildman–Crippen LogP) is 3.70. The van der Waals surface area contributed by atoms with E-state index in [0.29, 0.717) is 18.7 Å². The summed E-state index contributed by atoms with van der Waals surface area (Å²) in [7, 11) is 0. The number of halogens is 2. The van der Waals surface area contributed by atoms with Crippen LogP contribution < -0.4 is 10.1 Å². The molecule has 0 saturated heterocycles. The highest BCUT2D eigenvalue weighted by molar-refractivity contribution is 5.97. The van der Waals surface area contributed by atoms with Crippen LogP contribution in [-0.4, -0.2) is 47.6 Å². The van der Waals surface area contributed by atoms with E-state index in [9.17, 15) is 24.1 Å². The quantitative estimate of drug-likeness (QED) is 0.224. The van der Waals surface area contributed by atoms with Gasteiger partial charge in [0.25, 0.3) is 17.8 Å². The molecule has 0 bridgehead atoms. The first kappa shape index (κ1) is 27.8. The van der Waals surface area contributed by atoms with Crippen molar-refractivity contribution < 1.29 is 28.4 Å². The number of likely N-dealkylation sites (N-methyl/N-ethyl adjacent to an activating group) is 1. The molecule has 0 radical (unpaired) electrons. The van der Waals surface area contributed by atoms with Gasteiger partial charge in [0.15, 0.2) is 0 Å². The number of hydrogen-bond acceptors (Lipinski definition) is 7. The van der Waals surface area contributed by atoms with Gasteiger partial charge in [-0.1, -0.05) is 26.0 Å². The minimum Gasteiger partial charge on any atom is -0.463 e. The zero-order chi connectivity index (χ0) is 23.7. The number of rotatable bonds is 11. The van der Waals surface area contributed by atoms with E-state index in [4.69, 9.17) is 9.47 Å². The fourth-order valence-electron chi connectivity index (χ4n) is 3.00. The van der Waals surface area contributed by atoms with Crippen LogP contribution in [0.5, 0.6) is 5.75 Å². The number of amides is 1. The molecule has 0 spiro atoms. The summed E-state index contributed by atoms with van der Waals surface area (Å²) in [6.07, 6.45) is -1.16. The zero-order valence-electron chi connectivity index (χ0n) is 18.6. The van der Waals surface area contributed by atoms with E-state index in [1.165, 1.54) is 24.3 Å². The van der Waals surface area contributed by atoms with E-state index in [1.54, 1.807) is 17.9 Å². The first-order valence-electron chi connectivity index (χ1n) is 10.2. The lowest BCUT2D eigenvalue weighted by atomic mass is 10.1. The Balaban J connectivity index is 0.00000544. The highest BCUT2D eigenvalue weighted by Crippen LogP contribution is 2.23. The Morgan fingerprint density at radius 2 is 1.85 bits per heavy atom. The van der Waals surface area contributed by atoms with Crippen LogP contribution in [0.25, 0.3) is 0 Å². The number of carbonyl (C=O) groups is 2. The lowest BCUT2D eigenvalue weighted by molar-refractivity contribution is -0.384. The minimum absolute atomic E-state index is 0. The van der Waals surface area contributed by atoms with Crippen molar-refractivity contribution in [2.75, 3.05) is 19.7 Å². The van der Waals surface area contributed by atoms with Gasteiger partial charge in [-0.2, -0.15) is 0 Å². The molecule has 2 aromatic carbocycles. The Morgan fingerprint density at radius 3 is 2.45 bits per heavy atom. The summed E-state index contributed by atoms with van der Waals surface area (Å²) in [6, 6.07) is 9.22. The molecule has 0 aliphatic carbocycles. The van der Waals surface area contributed by atoms with Gasteiger partial charge in [-0.05, 0) is 37.7 Å². The van der Waals surface area contributed by atoms with Gasteiger partial charge < -0.3 is 14.8 Å². The van der Waals surface area contributed by atoms with Crippen LogP contribution in [-0.2, 0) is 16.1 Å². The molecule has 0 aliphatic rings. The topological polar surface area (TPSA) is 111 Å². The molecular weight excluding hydrogens is 457 g/mol. The van der Waals surface area contributed by atoms with E-state index in [-0.39, 0.29) is 42.6 Å². The van der Waals surface area contributed by atoms with Crippen molar-refractivity contribution in [3.8, 4) is 5.75 Å². The smallest absolute Gasteiger partial charge is 0.363 e. The first-order valence-corrected chi connectivity index (χ1v) is 10.2. The number of hydrogen-bond donors (Lipinski definition) is 1. The van der Waals surface area contributed by atoms with Crippen LogP contribution in [0.4, 0.5) is 10.1 Å². The zero-order valence-corrected chi connectivity index (χ0v) is 19.4. The molecule has 2 rings (SSSR count). The summed E-state index contributed by atoms with van der Waals surface area (Å²) in [5.41, 5.74) is 0.432. The third kappa shape index (κ3) is 7.69. The maximum absolute atomic E-state index is 13.9. The van der Waals surface area contributed by atoms with E-state index >= 15 is 0 Å². The maximum Gasteiger partial charge on any atom is 0.363 e. The van der Waals surface area contributed by atoms with Crippen molar-refractivity contribution in [3.05, 3.63) is 69.5 Å². The number of nitrogens with one attached hydrogen (secondary N) is 1. The van der Waals surface area contributed by atoms with Gasteiger partial charge in [0.2, 0.25) is 0 Å². The van der Waals surface area contributed by atoms with Crippen LogP contribution in [0, 0.1) is 15.9 Å². The Hall–Kier alpha value is -3.24. The SMILES string of the molecule is CCOC(=O)C(Oc1cc(F)ccc1C(=O)NCc1cccc([N+](=O)[O-])c1)N(CC)CC.Cl. The molecule has 1 amide bonds. The van der Waals surface area contributed by atoms with Gasteiger partial charge in [-0.3, -0.25) is 19.8 Å². The Kier molecular flexibility index (Phi) is 11.2. The maximum atomic E-state index is 13.9. The summed E-state index contributed by atoms with van der Waals surface area (Å²) >= 11 is 0. The molecular formula is C22H27ClFN3O6. The van der Waals surface area contributed by atoms with Gasteiger partial charge in [-0.25, -0.2) is 9.18 Å². The van der Waals surface area contributed by atoms with Crippen LogP contribution in [0.2, 0.25) is 0 Å². The highest BCUT2D eigenvalue weighted by atomic mass is 35.5. The molecule has 0 aromatic heterocycles. The molecule has 1 N–H and O–H groups in total. The Bertz CT molecular complexity index is 971. The van der Waals surface area contributed by atoms with Gasteiger partial charge >= 0.3 is 5.97 Å². The third-order valence-corrected chi connectivity index (χ3v) is 4.63. The molecule has 0 aliphatic heterocycles. The molecule has 0 fully saturated rings. The second-order valence-corrected chi connectivity index (χ2v) is 6.69. The second-order valence-electron chi connectivity index (χ2n) is 6.69. The fraction of sp³-hybridized carbons (Fsp3) is 0.364. The summed E-state index contributed by atoms with van der Waals surface area (Å²) in [5.74, 6) is -2.00. The van der Waals surface area contributed by atoms with E-state index in [1.807, 2.05) is 13.8 Å². The van der Waals surface area contributed by atoms with Gasteiger partial charge in [-0.15, -0.1) is 12.4 Å². The first-order chi connectivity index (χ1) is 15.3. The van der Waals surface area contributed by atoms with Crippen molar-refractivity contribution in [3.63, 3.8) is 0 Å². The monoisotopic (exact) mass is 483 g/mol. The summed E-state index contributed by atoms with van der Waals surface area (Å²) in [4.78, 5) is 37.3. The highest BCUT2D eigenvalue weighted by Gasteiger charge is 2.29. The van der Waals surface area contributed by atoms with Crippen LogP contribution >= 0.6 is 12.4 Å². The molecule has 1 unspecified atom stereocenters. The standard InChI is InChI=1S/C22H26FN3O6.ClH/c1-4-25(5-2)21(22(28)31-6-3)32-19-13-16(23)10-11-18(19)20(27)24-14-15-8-7-9-17(12-15)26(29)30;/h7-13,21H,4-6,14H2,1-3H3,(H,24,27);1H. The fourth-order valence-corrected chi connectivity index (χ4v) is 3.00. The third-order valence-electron chi connectivity index (χ3n) is 4.63. The van der Waals surface area contributed by atoms with Gasteiger partial charge in [0, 0.05) is 24.7 Å². The molecule has 1 atom stereocenters.